The number of aliphatic carboxylic acids is 1. The summed E-state index contributed by atoms with van der Waals surface area (Å²) in [6, 6.07) is 1.91. The highest BCUT2D eigenvalue weighted by Crippen LogP contribution is 2.49. The lowest BCUT2D eigenvalue weighted by Crippen LogP contribution is -2.32. The topological polar surface area (TPSA) is 53.4 Å². The van der Waals surface area contributed by atoms with Crippen LogP contribution in [0.4, 0.5) is 0 Å². The molecule has 1 aliphatic heterocycles. The SMILES string of the molecule is O=C(O)C1CN(Cc2ccncc2Cl)CC12CCCC2. The molecule has 0 bridgehead atoms. The molecule has 3 rings (SSSR count). The number of hydrogen-bond acceptors (Lipinski definition) is 3. The second-order valence-electron chi connectivity index (χ2n) is 6.10. The molecular weight excluding hydrogens is 276 g/mol. The Morgan fingerprint density at radius 1 is 1.50 bits per heavy atom. The van der Waals surface area contributed by atoms with Crippen LogP contribution in [-0.2, 0) is 11.3 Å². The first-order valence-electron chi connectivity index (χ1n) is 7.14. The Morgan fingerprint density at radius 2 is 2.25 bits per heavy atom. The van der Waals surface area contributed by atoms with Crippen LogP contribution in [0.2, 0.25) is 5.02 Å². The van der Waals surface area contributed by atoms with Crippen LogP contribution in [-0.4, -0.2) is 34.0 Å². The van der Waals surface area contributed by atoms with Gasteiger partial charge in [-0.05, 0) is 29.9 Å². The molecule has 108 valence electrons. The Labute approximate surface area is 123 Å². The molecule has 1 aliphatic carbocycles. The average Bonchev–Trinajstić information content (AvgIpc) is 3.01. The van der Waals surface area contributed by atoms with E-state index in [0.29, 0.717) is 18.1 Å². The fourth-order valence-electron chi connectivity index (χ4n) is 3.89. The molecule has 2 fully saturated rings. The Morgan fingerprint density at radius 3 is 2.90 bits per heavy atom. The predicted molar refractivity (Wildman–Crippen MR) is 76.6 cm³/mol. The van der Waals surface area contributed by atoms with Crippen molar-refractivity contribution < 1.29 is 9.90 Å². The minimum absolute atomic E-state index is 0.00859. The van der Waals surface area contributed by atoms with E-state index < -0.39 is 5.97 Å². The number of carbonyl (C=O) groups is 1. The van der Waals surface area contributed by atoms with Crippen LogP contribution in [0.1, 0.15) is 31.2 Å². The molecule has 20 heavy (non-hydrogen) atoms. The van der Waals surface area contributed by atoms with Gasteiger partial charge in [-0.25, -0.2) is 0 Å². The standard InChI is InChI=1S/C15H19ClN2O2/c16-13-7-17-6-3-11(13)8-18-9-12(14(19)20)15(10-18)4-1-2-5-15/h3,6-7,12H,1-2,4-5,8-10H2,(H,19,20). The van der Waals surface area contributed by atoms with Crippen LogP contribution < -0.4 is 0 Å². The molecule has 1 aromatic heterocycles. The molecule has 1 N–H and O–H groups in total. The third-order valence-corrected chi connectivity index (χ3v) is 5.21. The van der Waals surface area contributed by atoms with Gasteiger partial charge >= 0.3 is 5.97 Å². The second-order valence-corrected chi connectivity index (χ2v) is 6.50. The van der Waals surface area contributed by atoms with Gasteiger partial charge in [-0.1, -0.05) is 24.4 Å². The number of nitrogens with zero attached hydrogens (tertiary/aromatic N) is 2. The van der Waals surface area contributed by atoms with Crippen LogP contribution in [0, 0.1) is 11.3 Å². The number of carboxylic acids is 1. The summed E-state index contributed by atoms with van der Waals surface area (Å²) in [6.45, 7) is 2.23. The molecular formula is C15H19ClN2O2. The zero-order valence-corrected chi connectivity index (χ0v) is 12.1. The van der Waals surface area contributed by atoms with Gasteiger partial charge in [-0.15, -0.1) is 0 Å². The van der Waals surface area contributed by atoms with E-state index in [2.05, 4.69) is 9.88 Å². The molecule has 1 saturated carbocycles. The number of hydrogen-bond donors (Lipinski definition) is 1. The van der Waals surface area contributed by atoms with E-state index in [1.807, 2.05) is 6.07 Å². The van der Waals surface area contributed by atoms with Crippen molar-refractivity contribution in [1.29, 1.82) is 0 Å². The van der Waals surface area contributed by atoms with E-state index in [4.69, 9.17) is 11.6 Å². The quantitative estimate of drug-likeness (QED) is 0.931. The predicted octanol–water partition coefficient (Wildman–Crippen LogP) is 2.81. The molecule has 0 amide bonds. The minimum Gasteiger partial charge on any atom is -0.481 e. The van der Waals surface area contributed by atoms with Crippen LogP contribution in [0.15, 0.2) is 18.5 Å². The number of likely N-dealkylation sites (tertiary alicyclic amines) is 1. The third kappa shape index (κ3) is 2.42. The Balaban J connectivity index is 1.77. The van der Waals surface area contributed by atoms with Crippen LogP contribution in [0.5, 0.6) is 0 Å². The van der Waals surface area contributed by atoms with Gasteiger partial charge < -0.3 is 5.11 Å². The molecule has 1 spiro atoms. The number of pyridine rings is 1. The summed E-state index contributed by atoms with van der Waals surface area (Å²) in [5.74, 6) is -0.874. The largest absolute Gasteiger partial charge is 0.481 e. The van der Waals surface area contributed by atoms with Crippen molar-refractivity contribution >= 4 is 17.6 Å². The average molecular weight is 295 g/mol. The van der Waals surface area contributed by atoms with Gasteiger partial charge in [-0.3, -0.25) is 14.7 Å². The fourth-order valence-corrected chi connectivity index (χ4v) is 4.07. The lowest BCUT2D eigenvalue weighted by atomic mass is 9.76. The zero-order valence-electron chi connectivity index (χ0n) is 11.4. The molecule has 1 aromatic rings. The monoisotopic (exact) mass is 294 g/mol. The number of carboxylic acid groups (broad SMARTS) is 1. The van der Waals surface area contributed by atoms with Crippen molar-refractivity contribution in [2.45, 2.75) is 32.2 Å². The van der Waals surface area contributed by atoms with E-state index in [9.17, 15) is 9.90 Å². The van der Waals surface area contributed by atoms with Crippen LogP contribution in [0.25, 0.3) is 0 Å². The van der Waals surface area contributed by atoms with Crippen LogP contribution >= 0.6 is 11.6 Å². The molecule has 1 unspecified atom stereocenters. The normalized spacial score (nSPS) is 25.4. The summed E-state index contributed by atoms with van der Waals surface area (Å²) in [7, 11) is 0. The maximum absolute atomic E-state index is 11.6. The fraction of sp³-hybridized carbons (Fsp3) is 0.600. The molecule has 1 saturated heterocycles. The second kappa shape index (κ2) is 5.34. The summed E-state index contributed by atoms with van der Waals surface area (Å²) in [6.07, 6.45) is 7.79. The van der Waals surface area contributed by atoms with E-state index >= 15 is 0 Å². The maximum atomic E-state index is 11.6. The highest BCUT2D eigenvalue weighted by atomic mass is 35.5. The van der Waals surface area contributed by atoms with E-state index in [0.717, 1.165) is 37.8 Å². The molecule has 5 heteroatoms. The van der Waals surface area contributed by atoms with Gasteiger partial charge in [0.25, 0.3) is 0 Å². The lowest BCUT2D eigenvalue weighted by Gasteiger charge is -2.27. The van der Waals surface area contributed by atoms with E-state index in [1.165, 1.54) is 0 Å². The van der Waals surface area contributed by atoms with Crippen molar-refractivity contribution in [2.75, 3.05) is 13.1 Å². The Kier molecular flexibility index (Phi) is 3.69. The molecule has 1 atom stereocenters. The zero-order chi connectivity index (χ0) is 14.2. The van der Waals surface area contributed by atoms with Gasteiger partial charge in [0.15, 0.2) is 0 Å². The molecule has 2 aliphatic rings. The van der Waals surface area contributed by atoms with Crippen molar-refractivity contribution in [3.05, 3.63) is 29.0 Å². The van der Waals surface area contributed by atoms with Crippen molar-refractivity contribution in [1.82, 2.24) is 9.88 Å². The smallest absolute Gasteiger partial charge is 0.308 e. The summed E-state index contributed by atoms with van der Waals surface area (Å²) < 4.78 is 0. The van der Waals surface area contributed by atoms with Crippen LogP contribution in [0.3, 0.4) is 0 Å². The van der Waals surface area contributed by atoms with E-state index in [1.54, 1.807) is 12.4 Å². The van der Waals surface area contributed by atoms with Gasteiger partial charge in [0.05, 0.1) is 10.9 Å². The summed E-state index contributed by atoms with van der Waals surface area (Å²) >= 11 is 6.15. The third-order valence-electron chi connectivity index (χ3n) is 4.87. The highest BCUT2D eigenvalue weighted by molar-refractivity contribution is 6.31. The van der Waals surface area contributed by atoms with Crippen molar-refractivity contribution in [3.63, 3.8) is 0 Å². The highest BCUT2D eigenvalue weighted by Gasteiger charge is 2.51. The molecule has 0 radical (unpaired) electrons. The van der Waals surface area contributed by atoms with Crippen molar-refractivity contribution in [2.24, 2.45) is 11.3 Å². The lowest BCUT2D eigenvalue weighted by molar-refractivity contribution is -0.144. The number of aromatic nitrogens is 1. The number of halogens is 1. The first kappa shape index (κ1) is 13.8. The summed E-state index contributed by atoms with van der Waals surface area (Å²) in [4.78, 5) is 17.8. The van der Waals surface area contributed by atoms with Crippen molar-refractivity contribution in [3.8, 4) is 0 Å². The molecule has 4 nitrogen and oxygen atoms in total. The summed E-state index contributed by atoms with van der Waals surface area (Å²) in [5, 5.41) is 10.2. The van der Waals surface area contributed by atoms with Gasteiger partial charge in [-0.2, -0.15) is 0 Å². The molecule has 2 heterocycles. The minimum atomic E-state index is -0.643. The first-order valence-corrected chi connectivity index (χ1v) is 7.52. The Hall–Kier alpha value is -1.13. The molecule has 0 aromatic carbocycles. The Bertz CT molecular complexity index is 514. The van der Waals surface area contributed by atoms with Gasteiger partial charge in [0, 0.05) is 32.0 Å². The van der Waals surface area contributed by atoms with Gasteiger partial charge in [0.1, 0.15) is 0 Å². The van der Waals surface area contributed by atoms with Gasteiger partial charge in [0.2, 0.25) is 0 Å². The summed E-state index contributed by atoms with van der Waals surface area (Å²) in [5.41, 5.74) is 1.02. The number of rotatable bonds is 3. The van der Waals surface area contributed by atoms with E-state index in [-0.39, 0.29) is 11.3 Å². The maximum Gasteiger partial charge on any atom is 0.308 e. The first-order chi connectivity index (χ1) is 9.61.